The Morgan fingerprint density at radius 2 is 1.74 bits per heavy atom. The van der Waals surface area contributed by atoms with Gasteiger partial charge in [0.05, 0.1) is 11.1 Å². The third kappa shape index (κ3) is 3.36. The van der Waals surface area contributed by atoms with E-state index in [1.165, 1.54) is 12.1 Å². The zero-order valence-corrected chi connectivity index (χ0v) is 11.9. The Morgan fingerprint density at radius 1 is 1.04 bits per heavy atom. The first kappa shape index (κ1) is 15.1. The molecule has 0 spiro atoms. The maximum Gasteiger partial charge on any atom is 0.416 e. The van der Waals surface area contributed by atoms with Crippen molar-refractivity contribution in [2.45, 2.75) is 6.18 Å². The number of rotatable bonds is 2. The van der Waals surface area contributed by atoms with Gasteiger partial charge in [-0.3, -0.25) is 4.79 Å². The van der Waals surface area contributed by atoms with Crippen molar-refractivity contribution in [1.29, 1.82) is 0 Å². The number of amides is 1. The lowest BCUT2D eigenvalue weighted by molar-refractivity contribution is -0.137. The van der Waals surface area contributed by atoms with Crippen molar-refractivity contribution in [1.82, 2.24) is 0 Å². The Bertz CT molecular complexity index is 764. The van der Waals surface area contributed by atoms with Crippen LogP contribution >= 0.6 is 0 Å². The monoisotopic (exact) mass is 319 g/mol. The first-order valence-electron chi connectivity index (χ1n) is 6.84. The molecule has 0 fully saturated rings. The van der Waals surface area contributed by atoms with Crippen molar-refractivity contribution in [3.63, 3.8) is 0 Å². The molecular weight excluding hydrogens is 307 g/mol. The summed E-state index contributed by atoms with van der Waals surface area (Å²) in [6.45, 7) is 0.115. The molecule has 1 amide bonds. The van der Waals surface area contributed by atoms with Crippen LogP contribution in [0.5, 0.6) is 5.75 Å². The van der Waals surface area contributed by atoms with Crippen LogP contribution in [0.4, 0.5) is 18.9 Å². The van der Waals surface area contributed by atoms with Crippen LogP contribution in [0.1, 0.15) is 11.1 Å². The number of hydrogen-bond donors (Lipinski definition) is 1. The van der Waals surface area contributed by atoms with Crippen molar-refractivity contribution in [3.8, 4) is 5.75 Å². The summed E-state index contributed by atoms with van der Waals surface area (Å²) in [4.78, 5) is 12.2. The Kier molecular flexibility index (Phi) is 3.82. The highest BCUT2D eigenvalue weighted by Gasteiger charge is 2.30. The van der Waals surface area contributed by atoms with E-state index in [4.69, 9.17) is 4.74 Å². The normalized spacial score (nSPS) is 13.6. The van der Waals surface area contributed by atoms with Crippen LogP contribution in [-0.4, -0.2) is 12.5 Å². The molecule has 0 radical (unpaired) electrons. The number of benzene rings is 2. The number of halogens is 3. The van der Waals surface area contributed by atoms with Gasteiger partial charge in [-0.05, 0) is 36.4 Å². The maximum atomic E-state index is 12.5. The lowest BCUT2D eigenvalue weighted by Gasteiger charge is -2.17. The van der Waals surface area contributed by atoms with Crippen molar-refractivity contribution in [2.24, 2.45) is 0 Å². The highest BCUT2D eigenvalue weighted by atomic mass is 19.4. The molecule has 0 saturated heterocycles. The molecule has 1 aliphatic rings. The van der Waals surface area contributed by atoms with Crippen molar-refractivity contribution < 1.29 is 22.7 Å². The van der Waals surface area contributed by atoms with E-state index < -0.39 is 17.6 Å². The fourth-order valence-corrected chi connectivity index (χ4v) is 2.20. The zero-order valence-electron chi connectivity index (χ0n) is 11.9. The predicted octanol–water partition coefficient (Wildman–Crippen LogP) is 4.12. The Morgan fingerprint density at radius 3 is 2.43 bits per heavy atom. The van der Waals surface area contributed by atoms with Gasteiger partial charge in [-0.1, -0.05) is 18.2 Å². The first-order valence-corrected chi connectivity index (χ1v) is 6.84. The van der Waals surface area contributed by atoms with Crippen molar-refractivity contribution in [3.05, 3.63) is 65.2 Å². The summed E-state index contributed by atoms with van der Waals surface area (Å²) in [6.07, 6.45) is -2.69. The molecule has 1 heterocycles. The van der Waals surface area contributed by atoms with Gasteiger partial charge in [-0.15, -0.1) is 0 Å². The standard InChI is InChI=1S/C17H12F3NO2/c18-17(19,20)13-5-7-14(8-6-13)21-16(22)12-9-11-3-1-2-4-15(11)23-10-12/h1-9H,10H2,(H,21,22). The van der Waals surface area contributed by atoms with Gasteiger partial charge in [0, 0.05) is 11.3 Å². The van der Waals surface area contributed by atoms with E-state index in [9.17, 15) is 18.0 Å². The largest absolute Gasteiger partial charge is 0.488 e. The summed E-state index contributed by atoms with van der Waals surface area (Å²) in [5.41, 5.74) is 0.729. The summed E-state index contributed by atoms with van der Waals surface area (Å²) in [5, 5.41) is 2.57. The number of carbonyl (C=O) groups is 1. The van der Waals surface area contributed by atoms with Gasteiger partial charge in [-0.2, -0.15) is 13.2 Å². The lowest BCUT2D eigenvalue weighted by atomic mass is 10.1. The fraction of sp³-hybridized carbons (Fsp3) is 0.118. The molecule has 0 aliphatic carbocycles. The number of fused-ring (bicyclic) bond motifs is 1. The molecule has 2 aromatic carbocycles. The van der Waals surface area contributed by atoms with E-state index in [1.54, 1.807) is 12.1 Å². The van der Waals surface area contributed by atoms with E-state index >= 15 is 0 Å². The minimum Gasteiger partial charge on any atom is -0.488 e. The summed E-state index contributed by atoms with van der Waals surface area (Å²) in [5.74, 6) is 0.290. The van der Waals surface area contributed by atoms with Crippen molar-refractivity contribution >= 4 is 17.7 Å². The Hall–Kier alpha value is -2.76. The van der Waals surface area contributed by atoms with E-state index in [-0.39, 0.29) is 6.61 Å². The SMILES string of the molecule is O=C(Nc1ccc(C(F)(F)F)cc1)C1=Cc2ccccc2OC1. The van der Waals surface area contributed by atoms with E-state index in [2.05, 4.69) is 5.32 Å². The minimum atomic E-state index is -4.40. The van der Waals surface area contributed by atoms with Gasteiger partial charge in [0.2, 0.25) is 0 Å². The highest BCUT2D eigenvalue weighted by molar-refractivity contribution is 6.07. The third-order valence-electron chi connectivity index (χ3n) is 3.39. The van der Waals surface area contributed by atoms with Gasteiger partial charge in [0.25, 0.3) is 5.91 Å². The molecule has 3 nitrogen and oxygen atoms in total. The number of nitrogens with one attached hydrogen (secondary N) is 1. The second kappa shape index (κ2) is 5.79. The first-order chi connectivity index (χ1) is 10.9. The van der Waals surface area contributed by atoms with Crippen LogP contribution in [0.15, 0.2) is 54.1 Å². The second-order valence-corrected chi connectivity index (χ2v) is 5.03. The van der Waals surface area contributed by atoms with Crippen LogP contribution in [0.25, 0.3) is 6.08 Å². The molecule has 0 saturated carbocycles. The number of carbonyl (C=O) groups excluding carboxylic acids is 1. The average molecular weight is 319 g/mol. The highest BCUT2D eigenvalue weighted by Crippen LogP contribution is 2.30. The van der Waals surface area contributed by atoms with Crippen LogP contribution in [0.3, 0.4) is 0 Å². The van der Waals surface area contributed by atoms with Gasteiger partial charge in [0.15, 0.2) is 0 Å². The van der Waals surface area contributed by atoms with Crippen LogP contribution in [-0.2, 0) is 11.0 Å². The zero-order chi connectivity index (χ0) is 16.4. The summed E-state index contributed by atoms with van der Waals surface area (Å²) in [7, 11) is 0. The Balaban J connectivity index is 1.74. The maximum absolute atomic E-state index is 12.5. The molecule has 0 bridgehead atoms. The van der Waals surface area contributed by atoms with Crippen molar-refractivity contribution in [2.75, 3.05) is 11.9 Å². The molecule has 23 heavy (non-hydrogen) atoms. The van der Waals surface area contributed by atoms with Gasteiger partial charge < -0.3 is 10.1 Å². The van der Waals surface area contributed by atoms with E-state index in [0.717, 1.165) is 17.7 Å². The summed E-state index contributed by atoms with van der Waals surface area (Å²) < 4.78 is 43.0. The number of ether oxygens (including phenoxy) is 1. The van der Waals surface area contributed by atoms with Gasteiger partial charge in [0.1, 0.15) is 12.4 Å². The number of alkyl halides is 3. The molecule has 0 unspecified atom stereocenters. The molecule has 1 aliphatic heterocycles. The molecule has 6 heteroatoms. The van der Waals surface area contributed by atoms with Crippen LogP contribution < -0.4 is 10.1 Å². The van der Waals surface area contributed by atoms with Crippen LogP contribution in [0, 0.1) is 0 Å². The number of para-hydroxylation sites is 1. The number of anilines is 1. The second-order valence-electron chi connectivity index (χ2n) is 5.03. The lowest BCUT2D eigenvalue weighted by Crippen LogP contribution is -2.21. The third-order valence-corrected chi connectivity index (χ3v) is 3.39. The Labute approximate surface area is 130 Å². The van der Waals surface area contributed by atoms with E-state index in [0.29, 0.717) is 17.0 Å². The van der Waals surface area contributed by atoms with Crippen LogP contribution in [0.2, 0.25) is 0 Å². The van der Waals surface area contributed by atoms with Gasteiger partial charge >= 0.3 is 6.18 Å². The molecule has 0 atom stereocenters. The molecule has 2 aromatic rings. The molecular formula is C17H12F3NO2. The molecule has 3 rings (SSSR count). The molecule has 1 N–H and O–H groups in total. The quantitative estimate of drug-likeness (QED) is 0.904. The number of hydrogen-bond acceptors (Lipinski definition) is 2. The topological polar surface area (TPSA) is 38.3 Å². The molecule has 0 aromatic heterocycles. The smallest absolute Gasteiger partial charge is 0.416 e. The van der Waals surface area contributed by atoms with E-state index in [1.807, 2.05) is 18.2 Å². The summed E-state index contributed by atoms with van der Waals surface area (Å²) in [6, 6.07) is 11.6. The summed E-state index contributed by atoms with van der Waals surface area (Å²) >= 11 is 0. The predicted molar refractivity (Wildman–Crippen MR) is 80.0 cm³/mol. The fourth-order valence-electron chi connectivity index (χ4n) is 2.20. The van der Waals surface area contributed by atoms with Gasteiger partial charge in [-0.25, -0.2) is 0 Å². The average Bonchev–Trinajstić information content (AvgIpc) is 2.54. The molecule has 118 valence electrons. The minimum absolute atomic E-state index is 0.115.